The van der Waals surface area contributed by atoms with Crippen molar-refractivity contribution in [3.05, 3.63) is 0 Å². The predicted molar refractivity (Wildman–Crippen MR) is 48.5 cm³/mol. The molecule has 0 saturated carbocycles. The molecule has 1 N–H and O–H groups in total. The van der Waals surface area contributed by atoms with E-state index in [-0.39, 0.29) is 0 Å². The lowest BCUT2D eigenvalue weighted by atomic mass is 9.85. The Morgan fingerprint density at radius 3 is 2.30 bits per heavy atom. The molecule has 0 aliphatic heterocycles. The largest absolute Gasteiger partial charge is 0.396 e. The first-order valence-corrected chi connectivity index (χ1v) is 4.91. The molecule has 1 nitrogen and oxygen atoms in total. The van der Waals surface area contributed by atoms with Crippen molar-refractivity contribution in [1.82, 2.24) is 0 Å². The quantitative estimate of drug-likeness (QED) is 0.690. The molecule has 10 heavy (non-hydrogen) atoms. The van der Waals surface area contributed by atoms with E-state index < -0.39 is 0 Å². The molecule has 0 aromatic rings. The Hall–Kier alpha value is 0.440. The van der Waals surface area contributed by atoms with Crippen LogP contribution in [0.2, 0.25) is 0 Å². The minimum absolute atomic E-state index is 0.325. The van der Waals surface area contributed by atoms with Crippen LogP contribution in [-0.4, -0.2) is 17.0 Å². The van der Waals surface area contributed by atoms with Gasteiger partial charge in [0, 0.05) is 11.9 Å². The fraction of sp³-hybridized carbons (Fsp3) is 1.00. The first-order chi connectivity index (χ1) is 4.62. The van der Waals surface area contributed by atoms with Crippen LogP contribution in [0.5, 0.6) is 0 Å². The van der Waals surface area contributed by atoms with Crippen molar-refractivity contribution < 1.29 is 5.11 Å². The van der Waals surface area contributed by atoms with Crippen molar-refractivity contribution in [3.8, 4) is 0 Å². The highest BCUT2D eigenvalue weighted by Crippen LogP contribution is 2.26. The van der Waals surface area contributed by atoms with Crippen LogP contribution in [0.1, 0.15) is 33.1 Å². The number of hydrogen-bond acceptors (Lipinski definition) is 1. The summed E-state index contributed by atoms with van der Waals surface area (Å²) in [6.07, 6.45) is 3.24. The Bertz CT molecular complexity index is 81.3. The number of hydrogen-bond donors (Lipinski definition) is 1. The van der Waals surface area contributed by atoms with E-state index in [9.17, 15) is 0 Å². The maximum atomic E-state index is 8.59. The molecule has 0 saturated heterocycles. The van der Waals surface area contributed by atoms with Gasteiger partial charge in [-0.1, -0.05) is 29.8 Å². The van der Waals surface area contributed by atoms with E-state index in [0.29, 0.717) is 12.0 Å². The number of alkyl halides is 1. The molecule has 0 radical (unpaired) electrons. The standard InChI is InChI=1S/C8H17BrO/c1-8(2,5-6-9)4-3-7-10/h10H,3-7H2,1-2H3. The molecule has 0 amide bonds. The van der Waals surface area contributed by atoms with Gasteiger partial charge in [-0.25, -0.2) is 0 Å². The first-order valence-electron chi connectivity index (χ1n) is 3.79. The van der Waals surface area contributed by atoms with Crippen LogP contribution < -0.4 is 0 Å². The van der Waals surface area contributed by atoms with Gasteiger partial charge >= 0.3 is 0 Å². The van der Waals surface area contributed by atoms with Crippen molar-refractivity contribution in [2.75, 3.05) is 11.9 Å². The molecule has 0 aromatic heterocycles. The summed E-state index contributed by atoms with van der Waals surface area (Å²) in [7, 11) is 0. The SMILES string of the molecule is CC(C)(CCBr)CCCO. The molecule has 0 aromatic carbocycles. The maximum Gasteiger partial charge on any atom is 0.0431 e. The summed E-state index contributed by atoms with van der Waals surface area (Å²) in [5.74, 6) is 0. The first kappa shape index (κ1) is 10.4. The Kier molecular flexibility index (Phi) is 5.36. The van der Waals surface area contributed by atoms with Crippen LogP contribution in [0.15, 0.2) is 0 Å². The monoisotopic (exact) mass is 208 g/mol. The molecule has 0 spiro atoms. The van der Waals surface area contributed by atoms with E-state index in [1.165, 1.54) is 6.42 Å². The topological polar surface area (TPSA) is 20.2 Å². The van der Waals surface area contributed by atoms with Crippen LogP contribution in [-0.2, 0) is 0 Å². The van der Waals surface area contributed by atoms with Gasteiger partial charge in [-0.15, -0.1) is 0 Å². The Balaban J connectivity index is 3.42. The number of aliphatic hydroxyl groups excluding tert-OH is 1. The van der Waals surface area contributed by atoms with Crippen molar-refractivity contribution >= 4 is 15.9 Å². The molecule has 0 atom stereocenters. The van der Waals surface area contributed by atoms with Crippen LogP contribution in [0, 0.1) is 5.41 Å². The summed E-state index contributed by atoms with van der Waals surface area (Å²) in [6.45, 7) is 4.81. The fourth-order valence-electron chi connectivity index (χ4n) is 0.938. The summed E-state index contributed by atoms with van der Waals surface area (Å²) >= 11 is 3.41. The molecule has 62 valence electrons. The molecule has 0 aliphatic rings. The zero-order chi connectivity index (χ0) is 8.04. The van der Waals surface area contributed by atoms with Gasteiger partial charge in [0.1, 0.15) is 0 Å². The lowest BCUT2D eigenvalue weighted by molar-refractivity contribution is 0.238. The van der Waals surface area contributed by atoms with E-state index in [0.717, 1.165) is 18.2 Å². The van der Waals surface area contributed by atoms with Gasteiger partial charge < -0.3 is 5.11 Å². The average Bonchev–Trinajstić information content (AvgIpc) is 1.84. The van der Waals surface area contributed by atoms with Gasteiger partial charge in [0.05, 0.1) is 0 Å². The fourth-order valence-corrected chi connectivity index (χ4v) is 2.01. The zero-order valence-corrected chi connectivity index (χ0v) is 8.45. The van der Waals surface area contributed by atoms with Gasteiger partial charge in [0.15, 0.2) is 0 Å². The van der Waals surface area contributed by atoms with E-state index in [1.54, 1.807) is 0 Å². The van der Waals surface area contributed by atoms with E-state index in [1.807, 2.05) is 0 Å². The molecule has 0 unspecified atom stereocenters. The average molecular weight is 209 g/mol. The summed E-state index contributed by atoms with van der Waals surface area (Å²) < 4.78 is 0. The molecule has 0 heterocycles. The van der Waals surface area contributed by atoms with Crippen LogP contribution in [0.25, 0.3) is 0 Å². The highest BCUT2D eigenvalue weighted by Gasteiger charge is 2.15. The summed E-state index contributed by atoms with van der Waals surface area (Å²) in [6, 6.07) is 0. The lowest BCUT2D eigenvalue weighted by Crippen LogP contribution is -2.12. The summed E-state index contributed by atoms with van der Waals surface area (Å²) in [4.78, 5) is 0. The third kappa shape index (κ3) is 5.24. The minimum atomic E-state index is 0.325. The molecular formula is C8H17BrO. The third-order valence-electron chi connectivity index (χ3n) is 1.78. The zero-order valence-electron chi connectivity index (χ0n) is 6.86. The Morgan fingerprint density at radius 2 is 1.90 bits per heavy atom. The number of halogens is 1. The normalized spacial score (nSPS) is 12.0. The van der Waals surface area contributed by atoms with Crippen molar-refractivity contribution in [3.63, 3.8) is 0 Å². The van der Waals surface area contributed by atoms with Crippen LogP contribution >= 0.6 is 15.9 Å². The minimum Gasteiger partial charge on any atom is -0.396 e. The second-order valence-electron chi connectivity index (χ2n) is 3.43. The summed E-state index contributed by atoms with van der Waals surface area (Å²) in [5.41, 5.74) is 0.395. The van der Waals surface area contributed by atoms with E-state index in [2.05, 4.69) is 29.8 Å². The van der Waals surface area contributed by atoms with Crippen molar-refractivity contribution in [1.29, 1.82) is 0 Å². The molecule has 0 bridgehead atoms. The smallest absolute Gasteiger partial charge is 0.0431 e. The number of aliphatic hydroxyl groups is 1. The predicted octanol–water partition coefficient (Wildman–Crippen LogP) is 2.57. The highest BCUT2D eigenvalue weighted by atomic mass is 79.9. The Morgan fingerprint density at radius 1 is 1.30 bits per heavy atom. The van der Waals surface area contributed by atoms with Gasteiger partial charge in [-0.3, -0.25) is 0 Å². The van der Waals surface area contributed by atoms with Crippen molar-refractivity contribution in [2.45, 2.75) is 33.1 Å². The molecular weight excluding hydrogens is 192 g/mol. The second-order valence-corrected chi connectivity index (χ2v) is 4.22. The van der Waals surface area contributed by atoms with Gasteiger partial charge in [-0.05, 0) is 24.7 Å². The molecule has 2 heteroatoms. The van der Waals surface area contributed by atoms with E-state index in [4.69, 9.17) is 5.11 Å². The van der Waals surface area contributed by atoms with Gasteiger partial charge in [0.2, 0.25) is 0 Å². The van der Waals surface area contributed by atoms with Crippen molar-refractivity contribution in [2.24, 2.45) is 5.41 Å². The molecule has 0 fully saturated rings. The maximum absolute atomic E-state index is 8.59. The molecule has 0 rings (SSSR count). The van der Waals surface area contributed by atoms with Gasteiger partial charge in [-0.2, -0.15) is 0 Å². The highest BCUT2D eigenvalue weighted by molar-refractivity contribution is 9.09. The second kappa shape index (κ2) is 5.14. The van der Waals surface area contributed by atoms with Crippen LogP contribution in [0.4, 0.5) is 0 Å². The summed E-state index contributed by atoms with van der Waals surface area (Å²) in [5, 5.41) is 9.65. The molecule has 0 aliphatic carbocycles. The van der Waals surface area contributed by atoms with E-state index >= 15 is 0 Å². The van der Waals surface area contributed by atoms with Crippen LogP contribution in [0.3, 0.4) is 0 Å². The number of rotatable bonds is 5. The lowest BCUT2D eigenvalue weighted by Gasteiger charge is -2.22. The Labute approximate surface area is 72.0 Å². The third-order valence-corrected chi connectivity index (χ3v) is 2.18. The van der Waals surface area contributed by atoms with Gasteiger partial charge in [0.25, 0.3) is 0 Å².